The van der Waals surface area contributed by atoms with E-state index in [2.05, 4.69) is 15.3 Å². The summed E-state index contributed by atoms with van der Waals surface area (Å²) in [4.78, 5) is 22.0. The maximum atomic E-state index is 12.0. The van der Waals surface area contributed by atoms with Gasteiger partial charge in [-0.2, -0.15) is 0 Å². The van der Waals surface area contributed by atoms with Crippen LogP contribution in [0.3, 0.4) is 0 Å². The van der Waals surface area contributed by atoms with Crippen LogP contribution in [0.5, 0.6) is 0 Å². The lowest BCUT2D eigenvalue weighted by molar-refractivity contribution is -0.128. The molecule has 104 valence electrons. The van der Waals surface area contributed by atoms with Gasteiger partial charge in [0.1, 0.15) is 17.3 Å². The highest BCUT2D eigenvalue weighted by molar-refractivity contribution is 6.30. The molecule has 0 aliphatic carbocycles. The SMILES string of the molecule is CC(C)c1c(Cl)ncnc1NCC(=O)N1CCCC1. The minimum absolute atomic E-state index is 0.113. The topological polar surface area (TPSA) is 58.1 Å². The molecule has 1 aliphatic heterocycles. The number of carbonyl (C=O) groups excluding carboxylic acids is 1. The van der Waals surface area contributed by atoms with Crippen molar-refractivity contribution in [3.8, 4) is 0 Å². The molecule has 1 fully saturated rings. The lowest BCUT2D eigenvalue weighted by Crippen LogP contribution is -2.33. The van der Waals surface area contributed by atoms with Crippen molar-refractivity contribution in [2.45, 2.75) is 32.6 Å². The average molecular weight is 283 g/mol. The molecule has 6 heteroatoms. The highest BCUT2D eigenvalue weighted by Crippen LogP contribution is 2.27. The first-order chi connectivity index (χ1) is 9.09. The Kier molecular flexibility index (Phi) is 4.58. The second-order valence-electron chi connectivity index (χ2n) is 5.02. The van der Waals surface area contributed by atoms with Gasteiger partial charge in [-0.3, -0.25) is 4.79 Å². The monoisotopic (exact) mass is 282 g/mol. The number of halogens is 1. The number of aromatic nitrogens is 2. The summed E-state index contributed by atoms with van der Waals surface area (Å²) in [5.41, 5.74) is 0.860. The molecule has 2 rings (SSSR count). The van der Waals surface area contributed by atoms with E-state index in [1.165, 1.54) is 6.33 Å². The summed E-state index contributed by atoms with van der Waals surface area (Å²) >= 11 is 6.08. The summed E-state index contributed by atoms with van der Waals surface area (Å²) in [5, 5.41) is 3.53. The van der Waals surface area contributed by atoms with Crippen LogP contribution in [0.15, 0.2) is 6.33 Å². The van der Waals surface area contributed by atoms with Crippen molar-refractivity contribution in [2.24, 2.45) is 0 Å². The Labute approximate surface area is 118 Å². The van der Waals surface area contributed by atoms with E-state index < -0.39 is 0 Å². The Morgan fingerprint density at radius 2 is 2.11 bits per heavy atom. The number of rotatable bonds is 4. The minimum atomic E-state index is 0.113. The van der Waals surface area contributed by atoms with Gasteiger partial charge in [0.2, 0.25) is 5.91 Å². The molecule has 1 aliphatic rings. The van der Waals surface area contributed by atoms with E-state index in [4.69, 9.17) is 11.6 Å². The zero-order chi connectivity index (χ0) is 13.8. The fourth-order valence-corrected chi connectivity index (χ4v) is 2.62. The van der Waals surface area contributed by atoms with E-state index >= 15 is 0 Å². The number of nitrogens with one attached hydrogen (secondary N) is 1. The first kappa shape index (κ1) is 14.1. The summed E-state index contributed by atoms with van der Waals surface area (Å²) in [6.07, 6.45) is 3.61. The molecule has 0 saturated carbocycles. The molecule has 1 aromatic heterocycles. The van der Waals surface area contributed by atoms with Gasteiger partial charge in [0.25, 0.3) is 0 Å². The zero-order valence-electron chi connectivity index (χ0n) is 11.3. The molecule has 0 spiro atoms. The number of hydrogen-bond acceptors (Lipinski definition) is 4. The summed E-state index contributed by atoms with van der Waals surface area (Å²) in [6.45, 7) is 6.04. The number of carbonyl (C=O) groups is 1. The van der Waals surface area contributed by atoms with Crippen LogP contribution < -0.4 is 5.32 Å². The van der Waals surface area contributed by atoms with E-state index in [-0.39, 0.29) is 18.4 Å². The predicted octanol–water partition coefficient (Wildman–Crippen LogP) is 2.29. The molecule has 1 amide bonds. The van der Waals surface area contributed by atoms with Gasteiger partial charge in [0.05, 0.1) is 6.54 Å². The van der Waals surface area contributed by atoms with Crippen molar-refractivity contribution >= 4 is 23.3 Å². The largest absolute Gasteiger partial charge is 0.361 e. The predicted molar refractivity (Wildman–Crippen MR) is 75.4 cm³/mol. The molecule has 0 radical (unpaired) electrons. The standard InChI is InChI=1S/C13H19ClN4O/c1-9(2)11-12(14)16-8-17-13(11)15-7-10(19)18-5-3-4-6-18/h8-9H,3-7H2,1-2H3,(H,15,16,17). The van der Waals surface area contributed by atoms with Crippen molar-refractivity contribution in [3.63, 3.8) is 0 Å². The number of nitrogens with zero attached hydrogens (tertiary/aromatic N) is 3. The lowest BCUT2D eigenvalue weighted by Gasteiger charge is -2.18. The van der Waals surface area contributed by atoms with Gasteiger partial charge in [0, 0.05) is 18.7 Å². The molecule has 2 heterocycles. The first-order valence-corrected chi connectivity index (χ1v) is 6.99. The zero-order valence-corrected chi connectivity index (χ0v) is 12.1. The van der Waals surface area contributed by atoms with Crippen LogP contribution >= 0.6 is 11.6 Å². The Bertz CT molecular complexity index is 458. The van der Waals surface area contributed by atoms with Crippen molar-refractivity contribution in [2.75, 3.05) is 25.0 Å². The van der Waals surface area contributed by atoms with Crippen LogP contribution in [0.2, 0.25) is 5.15 Å². The molecule has 19 heavy (non-hydrogen) atoms. The molecular formula is C13H19ClN4O. The third kappa shape index (κ3) is 3.35. The molecule has 0 atom stereocenters. The van der Waals surface area contributed by atoms with Gasteiger partial charge in [-0.1, -0.05) is 25.4 Å². The van der Waals surface area contributed by atoms with Crippen LogP contribution in [0.4, 0.5) is 5.82 Å². The van der Waals surface area contributed by atoms with E-state index in [1.54, 1.807) is 0 Å². The van der Waals surface area contributed by atoms with Crippen molar-refractivity contribution < 1.29 is 4.79 Å². The Hall–Kier alpha value is -1.36. The van der Waals surface area contributed by atoms with Crippen LogP contribution in [0.25, 0.3) is 0 Å². The van der Waals surface area contributed by atoms with Gasteiger partial charge in [0.15, 0.2) is 0 Å². The maximum absolute atomic E-state index is 12.0. The molecule has 1 saturated heterocycles. The van der Waals surface area contributed by atoms with Crippen LogP contribution in [0, 0.1) is 0 Å². The molecule has 5 nitrogen and oxygen atoms in total. The van der Waals surface area contributed by atoms with Gasteiger partial charge in [-0.15, -0.1) is 0 Å². The van der Waals surface area contributed by atoms with Gasteiger partial charge >= 0.3 is 0 Å². The number of amides is 1. The second kappa shape index (κ2) is 6.19. The molecule has 1 aromatic rings. The minimum Gasteiger partial charge on any atom is -0.361 e. The normalized spacial score (nSPS) is 15.1. The third-order valence-electron chi connectivity index (χ3n) is 3.28. The van der Waals surface area contributed by atoms with Crippen molar-refractivity contribution in [1.29, 1.82) is 0 Å². The smallest absolute Gasteiger partial charge is 0.241 e. The fraction of sp³-hybridized carbons (Fsp3) is 0.615. The lowest BCUT2D eigenvalue weighted by atomic mass is 10.1. The van der Waals surface area contributed by atoms with Crippen LogP contribution in [-0.2, 0) is 4.79 Å². The van der Waals surface area contributed by atoms with E-state index in [0.29, 0.717) is 11.0 Å². The van der Waals surface area contributed by atoms with Gasteiger partial charge in [-0.05, 0) is 18.8 Å². The van der Waals surface area contributed by atoms with Gasteiger partial charge in [-0.25, -0.2) is 9.97 Å². The number of anilines is 1. The highest BCUT2D eigenvalue weighted by Gasteiger charge is 2.19. The third-order valence-corrected chi connectivity index (χ3v) is 3.58. The van der Waals surface area contributed by atoms with Crippen LogP contribution in [0.1, 0.15) is 38.2 Å². The van der Waals surface area contributed by atoms with Gasteiger partial charge < -0.3 is 10.2 Å². The summed E-state index contributed by atoms with van der Waals surface area (Å²) in [6, 6.07) is 0. The van der Waals surface area contributed by atoms with E-state index in [0.717, 1.165) is 31.5 Å². The maximum Gasteiger partial charge on any atom is 0.241 e. The van der Waals surface area contributed by atoms with Crippen molar-refractivity contribution in [1.82, 2.24) is 14.9 Å². The van der Waals surface area contributed by atoms with E-state index in [9.17, 15) is 4.79 Å². The molecule has 0 aromatic carbocycles. The average Bonchev–Trinajstić information content (AvgIpc) is 2.89. The van der Waals surface area contributed by atoms with Crippen molar-refractivity contribution in [3.05, 3.63) is 17.0 Å². The Morgan fingerprint density at radius 1 is 1.42 bits per heavy atom. The first-order valence-electron chi connectivity index (χ1n) is 6.61. The summed E-state index contributed by atoms with van der Waals surface area (Å²) in [5.74, 6) is 0.975. The second-order valence-corrected chi connectivity index (χ2v) is 5.38. The molecule has 0 unspecified atom stereocenters. The quantitative estimate of drug-likeness (QED) is 0.861. The molecule has 0 bridgehead atoms. The Morgan fingerprint density at radius 3 is 2.74 bits per heavy atom. The van der Waals surface area contributed by atoms with Crippen LogP contribution in [-0.4, -0.2) is 40.4 Å². The summed E-state index contributed by atoms with van der Waals surface area (Å²) < 4.78 is 0. The summed E-state index contributed by atoms with van der Waals surface area (Å²) in [7, 11) is 0. The van der Waals surface area contributed by atoms with E-state index in [1.807, 2.05) is 18.7 Å². The number of likely N-dealkylation sites (tertiary alicyclic amines) is 1. The highest BCUT2D eigenvalue weighted by atomic mass is 35.5. The molecular weight excluding hydrogens is 264 g/mol. The molecule has 1 N–H and O–H groups in total. The number of hydrogen-bond donors (Lipinski definition) is 1. The Balaban J connectivity index is 2.03. The fourth-order valence-electron chi connectivity index (χ4n) is 2.26.